The number of amidine groups is 2. The first-order chi connectivity index (χ1) is 24.8. The fraction of sp³-hybridized carbons (Fsp3) is 0.0222. The van der Waals surface area contributed by atoms with Crippen molar-refractivity contribution in [2.75, 3.05) is 0 Å². The molecule has 5 heteroatoms. The zero-order valence-electron chi connectivity index (χ0n) is 27.0. The zero-order chi connectivity index (χ0) is 33.0. The van der Waals surface area contributed by atoms with E-state index in [0.717, 1.165) is 61.1 Å². The molecule has 1 aliphatic rings. The first-order valence-electron chi connectivity index (χ1n) is 16.9. The third-order valence-electron chi connectivity index (χ3n) is 9.68. The lowest BCUT2D eigenvalue weighted by atomic mass is 9.99. The average Bonchev–Trinajstić information content (AvgIpc) is 3.74. The lowest BCUT2D eigenvalue weighted by Crippen LogP contribution is -2.36. The zero-order valence-corrected chi connectivity index (χ0v) is 27.0. The van der Waals surface area contributed by atoms with Gasteiger partial charge in [0.15, 0.2) is 5.84 Å². The third-order valence-corrected chi connectivity index (χ3v) is 9.68. The fourth-order valence-electron chi connectivity index (χ4n) is 7.40. The number of fused-ring (bicyclic) bond motifs is 6. The number of hydrogen-bond donors (Lipinski definition) is 1. The summed E-state index contributed by atoms with van der Waals surface area (Å²) in [5.74, 6) is 1.41. The van der Waals surface area contributed by atoms with E-state index in [1.165, 1.54) is 21.9 Å². The molecular weight excluding hydrogens is 613 g/mol. The van der Waals surface area contributed by atoms with Crippen LogP contribution >= 0.6 is 0 Å². The monoisotopic (exact) mass is 642 g/mol. The molecule has 0 saturated heterocycles. The van der Waals surface area contributed by atoms with Crippen molar-refractivity contribution in [1.29, 1.82) is 0 Å². The molecular formula is C45H30N4O. The molecule has 0 amide bonds. The molecule has 7 aromatic carbocycles. The van der Waals surface area contributed by atoms with Gasteiger partial charge in [0.25, 0.3) is 0 Å². The van der Waals surface area contributed by atoms with E-state index in [2.05, 4.69) is 155 Å². The summed E-state index contributed by atoms with van der Waals surface area (Å²) in [5, 5.41) is 8.24. The van der Waals surface area contributed by atoms with Crippen LogP contribution in [0.3, 0.4) is 0 Å². The Morgan fingerprint density at radius 1 is 0.500 bits per heavy atom. The Balaban J connectivity index is 1.17. The van der Waals surface area contributed by atoms with Crippen LogP contribution < -0.4 is 5.32 Å². The van der Waals surface area contributed by atoms with E-state index in [4.69, 9.17) is 14.4 Å². The molecule has 0 aliphatic carbocycles. The molecule has 0 saturated carbocycles. The Bertz CT molecular complexity index is 2780. The Morgan fingerprint density at radius 3 is 1.90 bits per heavy atom. The van der Waals surface area contributed by atoms with E-state index in [9.17, 15) is 0 Å². The largest absolute Gasteiger partial charge is 0.455 e. The average molecular weight is 643 g/mol. The van der Waals surface area contributed by atoms with E-state index in [1.54, 1.807) is 0 Å². The number of hydrogen-bond acceptors (Lipinski definition) is 4. The highest BCUT2D eigenvalue weighted by Crippen LogP contribution is 2.40. The lowest BCUT2D eigenvalue weighted by molar-refractivity contribution is 0.516. The predicted octanol–water partition coefficient (Wildman–Crippen LogP) is 11.0. The van der Waals surface area contributed by atoms with Gasteiger partial charge in [0, 0.05) is 38.2 Å². The van der Waals surface area contributed by atoms with Crippen LogP contribution in [0.15, 0.2) is 184 Å². The fourth-order valence-corrected chi connectivity index (χ4v) is 7.40. The van der Waals surface area contributed by atoms with Crippen LogP contribution in [0.25, 0.3) is 66.0 Å². The Labute approximate surface area is 288 Å². The SMILES string of the molecule is c1ccc(C2=NC(c3ccc4c(c3)oc3c(-c5ccccc5)cccc34)=NC(n3c4ccccc4c4c(-c5ccccc5)cccc43)N2)cc1. The topological polar surface area (TPSA) is 54.8 Å². The highest BCUT2D eigenvalue weighted by molar-refractivity contribution is 6.17. The summed E-state index contributed by atoms with van der Waals surface area (Å²) < 4.78 is 8.93. The molecule has 1 aliphatic heterocycles. The minimum Gasteiger partial charge on any atom is -0.455 e. The maximum Gasteiger partial charge on any atom is 0.204 e. The van der Waals surface area contributed by atoms with Gasteiger partial charge >= 0.3 is 0 Å². The standard InChI is InChI=1S/C45H30N4O/c1-4-14-29(15-5-1)33-21-13-25-39-41(33)37-20-10-11-24-38(37)49(39)45-47-43(31-18-8-3-9-19-31)46-44(48-45)32-26-27-35-36-23-12-22-34(30-16-6-2-7-17-30)42(36)50-40(35)28-32/h1-28,45H,(H,46,47,48). The molecule has 0 spiro atoms. The number of furan rings is 1. The second kappa shape index (κ2) is 11.5. The van der Waals surface area contributed by atoms with Crippen LogP contribution in [-0.4, -0.2) is 16.2 Å². The van der Waals surface area contributed by atoms with Crippen LogP contribution in [-0.2, 0) is 0 Å². The van der Waals surface area contributed by atoms with Gasteiger partial charge in [-0.25, -0.2) is 9.98 Å². The van der Waals surface area contributed by atoms with Gasteiger partial charge in [0.05, 0.1) is 11.0 Å². The molecule has 1 unspecified atom stereocenters. The summed E-state index contributed by atoms with van der Waals surface area (Å²) in [4.78, 5) is 10.5. The number of para-hydroxylation sites is 2. The molecule has 1 atom stereocenters. The minimum absolute atomic E-state index is 0.456. The Morgan fingerprint density at radius 2 is 1.12 bits per heavy atom. The smallest absolute Gasteiger partial charge is 0.204 e. The summed E-state index contributed by atoms with van der Waals surface area (Å²) >= 11 is 0. The highest BCUT2D eigenvalue weighted by atomic mass is 16.3. The first kappa shape index (κ1) is 28.3. The molecule has 5 nitrogen and oxygen atoms in total. The van der Waals surface area contributed by atoms with Gasteiger partial charge in [0.2, 0.25) is 6.29 Å². The maximum atomic E-state index is 6.63. The number of rotatable bonds is 5. The molecule has 2 aromatic heterocycles. The van der Waals surface area contributed by atoms with Gasteiger partial charge in [-0.2, -0.15) is 0 Å². The number of benzene rings is 7. The van der Waals surface area contributed by atoms with Crippen LogP contribution in [0.5, 0.6) is 0 Å². The van der Waals surface area contributed by atoms with Crippen molar-refractivity contribution in [2.45, 2.75) is 6.29 Å². The molecule has 50 heavy (non-hydrogen) atoms. The predicted molar refractivity (Wildman–Crippen MR) is 206 cm³/mol. The number of aromatic nitrogens is 1. The van der Waals surface area contributed by atoms with E-state index in [-0.39, 0.29) is 0 Å². The van der Waals surface area contributed by atoms with Crippen LogP contribution in [0.2, 0.25) is 0 Å². The molecule has 0 fully saturated rings. The molecule has 236 valence electrons. The van der Waals surface area contributed by atoms with Crippen LogP contribution in [0.4, 0.5) is 0 Å². The van der Waals surface area contributed by atoms with Crippen molar-refractivity contribution in [2.24, 2.45) is 9.98 Å². The molecule has 0 radical (unpaired) electrons. The van der Waals surface area contributed by atoms with E-state index in [0.29, 0.717) is 5.84 Å². The number of aliphatic imine (C=N–C) groups is 2. The van der Waals surface area contributed by atoms with Crippen LogP contribution in [0.1, 0.15) is 17.4 Å². The second-order valence-corrected chi connectivity index (χ2v) is 12.6. The van der Waals surface area contributed by atoms with Crippen molar-refractivity contribution in [3.05, 3.63) is 181 Å². The summed E-state index contributed by atoms with van der Waals surface area (Å²) in [5.41, 5.74) is 10.3. The normalized spacial score (nSPS) is 14.6. The minimum atomic E-state index is -0.456. The second-order valence-electron chi connectivity index (χ2n) is 12.6. The molecule has 1 N–H and O–H groups in total. The van der Waals surface area contributed by atoms with E-state index < -0.39 is 6.29 Å². The number of nitrogens with zero attached hydrogens (tertiary/aromatic N) is 3. The Kier molecular flexibility index (Phi) is 6.49. The summed E-state index contributed by atoms with van der Waals surface area (Å²) in [6.07, 6.45) is -0.456. The summed E-state index contributed by atoms with van der Waals surface area (Å²) in [6.45, 7) is 0. The quantitative estimate of drug-likeness (QED) is 0.203. The maximum absolute atomic E-state index is 6.63. The first-order valence-corrected chi connectivity index (χ1v) is 16.9. The highest BCUT2D eigenvalue weighted by Gasteiger charge is 2.26. The van der Waals surface area contributed by atoms with Crippen molar-refractivity contribution in [1.82, 2.24) is 9.88 Å². The van der Waals surface area contributed by atoms with Gasteiger partial charge < -0.3 is 14.3 Å². The van der Waals surface area contributed by atoms with Gasteiger partial charge in [-0.15, -0.1) is 0 Å². The van der Waals surface area contributed by atoms with Crippen LogP contribution in [0, 0.1) is 0 Å². The molecule has 3 heterocycles. The Hall–Kier alpha value is -6.72. The van der Waals surface area contributed by atoms with Gasteiger partial charge in [-0.1, -0.05) is 146 Å². The van der Waals surface area contributed by atoms with E-state index >= 15 is 0 Å². The van der Waals surface area contributed by atoms with Crippen molar-refractivity contribution in [3.8, 4) is 22.3 Å². The number of nitrogens with one attached hydrogen (secondary N) is 1. The van der Waals surface area contributed by atoms with Crippen molar-refractivity contribution < 1.29 is 4.42 Å². The molecule has 10 rings (SSSR count). The summed E-state index contributed by atoms with van der Waals surface area (Å²) in [7, 11) is 0. The molecule has 0 bridgehead atoms. The van der Waals surface area contributed by atoms with E-state index in [1.807, 2.05) is 24.3 Å². The molecule has 9 aromatic rings. The third kappa shape index (κ3) is 4.55. The summed E-state index contributed by atoms with van der Waals surface area (Å²) in [6, 6.07) is 59.1. The van der Waals surface area contributed by atoms with Crippen molar-refractivity contribution in [3.63, 3.8) is 0 Å². The lowest BCUT2D eigenvalue weighted by Gasteiger charge is -2.26. The van der Waals surface area contributed by atoms with Gasteiger partial charge in [-0.3, -0.25) is 0 Å². The van der Waals surface area contributed by atoms with Crippen molar-refractivity contribution >= 4 is 55.4 Å². The van der Waals surface area contributed by atoms with Gasteiger partial charge in [-0.05, 0) is 41.0 Å². The van der Waals surface area contributed by atoms with Gasteiger partial charge in [0.1, 0.15) is 17.0 Å².